The molecule has 0 aromatic heterocycles. The van der Waals surface area contributed by atoms with Gasteiger partial charge in [-0.3, -0.25) is 37.3 Å². The molecule has 0 saturated carbocycles. The predicted octanol–water partition coefficient (Wildman–Crippen LogP) is 13.9. The number of hydrogen-bond donors (Lipinski definition) is 3. The van der Waals surface area contributed by atoms with Gasteiger partial charge in [-0.2, -0.15) is 0 Å². The zero-order valence-electron chi connectivity index (χ0n) is 46.3. The Bertz CT molecular complexity index is 1450. The monoisotopic (exact) mass is 1090 g/mol. The fraction of sp³-hybridized carbons (Fsp3) is 0.926. The highest BCUT2D eigenvalue weighted by Crippen LogP contribution is 2.45. The molecule has 0 aromatic rings. The molecule has 0 aliphatic heterocycles. The lowest BCUT2D eigenvalue weighted by Crippen LogP contribution is -2.30. The van der Waals surface area contributed by atoms with E-state index in [0.717, 1.165) is 122 Å². The number of phosphoric acid groups is 2. The van der Waals surface area contributed by atoms with Crippen molar-refractivity contribution >= 4 is 39.5 Å². The minimum Gasteiger partial charge on any atom is -0.462 e. The van der Waals surface area contributed by atoms with Crippen LogP contribution in [0, 0.1) is 5.92 Å². The molecule has 17 nitrogen and oxygen atoms in total. The van der Waals surface area contributed by atoms with Crippen LogP contribution in [0.15, 0.2) is 0 Å². The lowest BCUT2D eigenvalue weighted by molar-refractivity contribution is -0.161. The van der Waals surface area contributed by atoms with Gasteiger partial charge in [-0.1, -0.05) is 208 Å². The Morgan fingerprint density at radius 2 is 0.630 bits per heavy atom. The van der Waals surface area contributed by atoms with E-state index in [0.29, 0.717) is 31.6 Å². The van der Waals surface area contributed by atoms with E-state index < -0.39 is 97.5 Å². The highest BCUT2D eigenvalue weighted by molar-refractivity contribution is 7.47. The minimum atomic E-state index is -4.93. The number of carbonyl (C=O) groups excluding carboxylic acids is 4. The van der Waals surface area contributed by atoms with Gasteiger partial charge < -0.3 is 33.8 Å². The molecule has 0 radical (unpaired) electrons. The molecule has 0 saturated heterocycles. The maximum absolute atomic E-state index is 12.9. The Hall–Kier alpha value is -1.94. The van der Waals surface area contributed by atoms with Crippen LogP contribution in [0.25, 0.3) is 0 Å². The topological polar surface area (TPSA) is 237 Å². The molecule has 0 rings (SSSR count). The zero-order chi connectivity index (χ0) is 54.3. The normalized spacial score (nSPS) is 14.5. The molecule has 432 valence electrons. The number of phosphoric ester groups is 2. The summed E-state index contributed by atoms with van der Waals surface area (Å²) in [6.45, 7) is 6.93. The number of hydrogen-bond acceptors (Lipinski definition) is 15. The Labute approximate surface area is 441 Å². The second-order valence-electron chi connectivity index (χ2n) is 20.1. The molecule has 5 atom stereocenters. The first kappa shape index (κ1) is 71.1. The van der Waals surface area contributed by atoms with Gasteiger partial charge >= 0.3 is 39.5 Å². The van der Waals surface area contributed by atoms with Gasteiger partial charge in [0.05, 0.1) is 26.4 Å². The van der Waals surface area contributed by atoms with E-state index in [1.54, 1.807) is 0 Å². The Kier molecular flexibility index (Phi) is 47.1. The fourth-order valence-corrected chi connectivity index (χ4v) is 9.39. The average molecular weight is 1090 g/mol. The summed E-state index contributed by atoms with van der Waals surface area (Å²) in [7, 11) is -9.85. The molecule has 2 unspecified atom stereocenters. The molecule has 0 amide bonds. The molecule has 0 bridgehead atoms. The van der Waals surface area contributed by atoms with Crippen LogP contribution in [0.3, 0.4) is 0 Å². The van der Waals surface area contributed by atoms with Gasteiger partial charge in [0, 0.05) is 25.7 Å². The van der Waals surface area contributed by atoms with Gasteiger partial charge in [-0.05, 0) is 31.6 Å². The summed E-state index contributed by atoms with van der Waals surface area (Å²) >= 11 is 0. The second kappa shape index (κ2) is 48.4. The van der Waals surface area contributed by atoms with Crippen LogP contribution in [-0.4, -0.2) is 96.7 Å². The van der Waals surface area contributed by atoms with E-state index in [2.05, 4.69) is 34.6 Å². The van der Waals surface area contributed by atoms with Crippen LogP contribution in [0.1, 0.15) is 259 Å². The third kappa shape index (κ3) is 49.4. The van der Waals surface area contributed by atoms with Crippen LogP contribution < -0.4 is 0 Å². The molecule has 0 spiro atoms. The van der Waals surface area contributed by atoms with E-state index >= 15 is 0 Å². The van der Waals surface area contributed by atoms with Crippen molar-refractivity contribution in [1.29, 1.82) is 0 Å². The van der Waals surface area contributed by atoms with Gasteiger partial charge in [0.2, 0.25) is 0 Å². The Balaban J connectivity index is 5.19. The van der Waals surface area contributed by atoms with Crippen molar-refractivity contribution in [2.75, 3.05) is 39.6 Å². The van der Waals surface area contributed by atoms with E-state index in [-0.39, 0.29) is 25.7 Å². The summed E-state index contributed by atoms with van der Waals surface area (Å²) in [5.41, 5.74) is 0. The lowest BCUT2D eigenvalue weighted by Gasteiger charge is -2.21. The number of aliphatic hydroxyl groups is 1. The summed E-state index contributed by atoms with van der Waals surface area (Å²) in [5, 5.41) is 10.4. The predicted molar refractivity (Wildman–Crippen MR) is 285 cm³/mol. The number of rotatable bonds is 54. The number of ether oxygens (including phenoxy) is 4. The number of aliphatic hydroxyl groups excluding tert-OH is 1. The molecule has 0 aromatic carbocycles. The number of unbranched alkanes of at least 4 members (excludes halogenated alkanes) is 26. The van der Waals surface area contributed by atoms with E-state index in [9.17, 15) is 43.2 Å². The quantitative estimate of drug-likeness (QED) is 0.0222. The van der Waals surface area contributed by atoms with Gasteiger partial charge in [0.1, 0.15) is 19.3 Å². The molecule has 73 heavy (non-hydrogen) atoms. The van der Waals surface area contributed by atoms with Crippen LogP contribution in [0.2, 0.25) is 0 Å². The first-order valence-electron chi connectivity index (χ1n) is 28.6. The average Bonchev–Trinajstić information content (AvgIpc) is 3.35. The summed E-state index contributed by atoms with van der Waals surface area (Å²) in [6.07, 6.45) is 28.4. The first-order chi connectivity index (χ1) is 35.0. The highest BCUT2D eigenvalue weighted by Gasteiger charge is 2.30. The smallest absolute Gasteiger partial charge is 0.462 e. The maximum atomic E-state index is 12.9. The molecule has 0 heterocycles. The minimum absolute atomic E-state index is 0.103. The highest BCUT2D eigenvalue weighted by atomic mass is 31.2. The molecule has 0 aliphatic rings. The first-order valence-corrected chi connectivity index (χ1v) is 31.6. The summed E-state index contributed by atoms with van der Waals surface area (Å²) in [4.78, 5) is 71.4. The van der Waals surface area contributed by atoms with Crippen LogP contribution in [0.5, 0.6) is 0 Å². The van der Waals surface area contributed by atoms with E-state index in [4.69, 9.17) is 37.0 Å². The van der Waals surface area contributed by atoms with E-state index in [1.807, 2.05) is 0 Å². The van der Waals surface area contributed by atoms with Gasteiger partial charge in [0.15, 0.2) is 12.2 Å². The SMILES string of the molecule is CCCCCCCCCCCCC(=O)O[C@H](COC(=O)CCCCCCCCC(C)C)COP(=O)(O)OC[C@@H](O)COP(=O)(O)OC[C@@H](COC(=O)CCCCCCCCC)OC(=O)CCCCCCCCC. The van der Waals surface area contributed by atoms with Crippen molar-refractivity contribution in [2.45, 2.75) is 278 Å². The summed E-state index contributed by atoms with van der Waals surface area (Å²) < 4.78 is 67.3. The zero-order valence-corrected chi connectivity index (χ0v) is 48.0. The largest absolute Gasteiger partial charge is 0.472 e. The van der Waals surface area contributed by atoms with Crippen molar-refractivity contribution in [3.05, 3.63) is 0 Å². The van der Waals surface area contributed by atoms with Crippen molar-refractivity contribution < 1.29 is 80.2 Å². The number of esters is 4. The molecular formula is C54H104O17P2. The van der Waals surface area contributed by atoms with Gasteiger partial charge in [-0.15, -0.1) is 0 Å². The van der Waals surface area contributed by atoms with Crippen LogP contribution in [-0.2, 0) is 65.4 Å². The second-order valence-corrected chi connectivity index (χ2v) is 23.0. The van der Waals surface area contributed by atoms with Crippen molar-refractivity contribution in [3.8, 4) is 0 Å². The number of carbonyl (C=O) groups is 4. The van der Waals surface area contributed by atoms with Crippen molar-refractivity contribution in [1.82, 2.24) is 0 Å². The third-order valence-electron chi connectivity index (χ3n) is 12.3. The molecule has 0 fully saturated rings. The van der Waals surface area contributed by atoms with E-state index in [1.165, 1.54) is 51.4 Å². The fourth-order valence-electron chi connectivity index (χ4n) is 7.81. The van der Waals surface area contributed by atoms with Crippen LogP contribution in [0.4, 0.5) is 0 Å². The third-order valence-corrected chi connectivity index (χ3v) is 14.2. The molecule has 19 heteroatoms. The van der Waals surface area contributed by atoms with Crippen molar-refractivity contribution in [2.24, 2.45) is 5.92 Å². The molecule has 0 aliphatic carbocycles. The van der Waals surface area contributed by atoms with Crippen molar-refractivity contribution in [3.63, 3.8) is 0 Å². The molecular weight excluding hydrogens is 983 g/mol. The Morgan fingerprint density at radius 1 is 0.370 bits per heavy atom. The maximum Gasteiger partial charge on any atom is 0.472 e. The standard InChI is InChI=1S/C54H104O17P2/c1-6-9-12-15-18-19-20-23-30-35-40-54(59)71-50(44-65-52(57)38-33-28-25-24-26-31-36-47(4)5)46-69-73(62,63)67-42-48(55)41-66-72(60,61)68-45-49(70-53(58)39-34-29-22-17-14-11-8-3)43-64-51(56)37-32-27-21-16-13-10-7-2/h47-50,55H,6-46H2,1-5H3,(H,60,61)(H,62,63)/t48-,49+,50+/m0/s1. The summed E-state index contributed by atoms with van der Waals surface area (Å²) in [5.74, 6) is -1.48. The van der Waals surface area contributed by atoms with Gasteiger partial charge in [-0.25, -0.2) is 9.13 Å². The Morgan fingerprint density at radius 3 is 0.932 bits per heavy atom. The lowest BCUT2D eigenvalue weighted by atomic mass is 10.0. The van der Waals surface area contributed by atoms with Gasteiger partial charge in [0.25, 0.3) is 0 Å². The summed E-state index contributed by atoms with van der Waals surface area (Å²) in [6, 6.07) is 0. The molecule has 3 N–H and O–H groups in total. The van der Waals surface area contributed by atoms with Crippen LogP contribution >= 0.6 is 15.6 Å².